The number of fused-ring (bicyclic) bond motifs is 1. The van der Waals surface area contributed by atoms with Crippen LogP contribution in [-0.4, -0.2) is 58.7 Å². The Morgan fingerprint density at radius 3 is 2.87 bits per heavy atom. The zero-order chi connectivity index (χ0) is 27.5. The van der Waals surface area contributed by atoms with Crippen LogP contribution >= 0.6 is 11.3 Å². The minimum atomic E-state index is -1.42. The number of amides is 2. The number of pyridine rings is 1. The van der Waals surface area contributed by atoms with E-state index in [9.17, 15) is 14.7 Å². The van der Waals surface area contributed by atoms with Gasteiger partial charge in [0.1, 0.15) is 0 Å². The zero-order valence-electron chi connectivity index (χ0n) is 22.1. The third-order valence-corrected chi connectivity index (χ3v) is 8.48. The number of carboxylic acids is 1. The van der Waals surface area contributed by atoms with E-state index in [4.69, 9.17) is 4.99 Å². The molecule has 39 heavy (non-hydrogen) atoms. The Kier molecular flexibility index (Phi) is 7.62. The van der Waals surface area contributed by atoms with Crippen molar-refractivity contribution in [3.63, 3.8) is 0 Å². The third-order valence-electron chi connectivity index (χ3n) is 7.60. The molecule has 5 rings (SSSR count). The maximum absolute atomic E-state index is 13.2. The average Bonchev–Trinajstić information content (AvgIpc) is 3.42. The highest BCUT2D eigenvalue weighted by Gasteiger charge is 2.59. The lowest BCUT2D eigenvalue weighted by Crippen LogP contribution is -2.71. The molecule has 2 aliphatic heterocycles. The summed E-state index contributed by atoms with van der Waals surface area (Å²) >= 11 is 1.53. The fourth-order valence-electron chi connectivity index (χ4n) is 5.92. The average molecular weight is 548 g/mol. The maximum atomic E-state index is 13.2. The molecule has 1 aromatic carbocycles. The van der Waals surface area contributed by atoms with Crippen molar-refractivity contribution in [2.24, 2.45) is 16.3 Å². The molecule has 2 amide bonds. The minimum absolute atomic E-state index is 0.367. The van der Waals surface area contributed by atoms with E-state index < -0.39 is 29.1 Å². The van der Waals surface area contributed by atoms with Crippen molar-refractivity contribution in [2.45, 2.75) is 38.9 Å². The molecule has 0 aliphatic carbocycles. The predicted octanol–water partition coefficient (Wildman–Crippen LogP) is 4.22. The number of urea groups is 1. The van der Waals surface area contributed by atoms with Gasteiger partial charge < -0.3 is 20.6 Å². The van der Waals surface area contributed by atoms with Crippen LogP contribution in [0.15, 0.2) is 59.3 Å². The minimum Gasteiger partial charge on any atom is -0.481 e. The summed E-state index contributed by atoms with van der Waals surface area (Å²) in [6, 6.07) is 9.31. The van der Waals surface area contributed by atoms with Gasteiger partial charge >= 0.3 is 12.0 Å². The van der Waals surface area contributed by atoms with Gasteiger partial charge in [-0.25, -0.2) is 14.8 Å². The third kappa shape index (κ3) is 4.76. The molecule has 3 aromatic rings. The number of benzene rings is 1. The Labute approximate surface area is 231 Å². The van der Waals surface area contributed by atoms with Crippen LogP contribution < -0.4 is 20.9 Å². The molecule has 3 unspecified atom stereocenters. The fraction of sp³-hybridized carbons (Fsp3) is 0.393. The number of carbonyl (C=O) groups is 2. The highest BCUT2D eigenvalue weighted by atomic mass is 32.1. The summed E-state index contributed by atoms with van der Waals surface area (Å²) in [4.78, 5) is 42.2. The zero-order valence-corrected chi connectivity index (χ0v) is 22.9. The Hall–Kier alpha value is -3.83. The molecular formula is C28H33N7O3S. The van der Waals surface area contributed by atoms with Crippen molar-refractivity contribution in [1.29, 1.82) is 0 Å². The van der Waals surface area contributed by atoms with E-state index in [1.165, 1.54) is 11.3 Å². The molecule has 4 N–H and O–H groups in total. The number of nitrogens with one attached hydrogen (secondary N) is 3. The SMILES string of the molecule is CCCC1(C(=O)O)CCNCC1C1(NC(=O)NCC)N=CC=CN1c1cc(-c2ccccn2)c2scnc2c1. The van der Waals surface area contributed by atoms with Gasteiger partial charge in [-0.3, -0.25) is 15.1 Å². The molecule has 2 aromatic heterocycles. The summed E-state index contributed by atoms with van der Waals surface area (Å²) in [5, 5.41) is 20.0. The Morgan fingerprint density at radius 1 is 1.26 bits per heavy atom. The second-order valence-electron chi connectivity index (χ2n) is 9.83. The lowest BCUT2D eigenvalue weighted by Gasteiger charge is -2.54. The molecule has 3 atom stereocenters. The van der Waals surface area contributed by atoms with Crippen molar-refractivity contribution in [3.05, 3.63) is 54.3 Å². The largest absolute Gasteiger partial charge is 0.481 e. The second kappa shape index (κ2) is 11.1. The van der Waals surface area contributed by atoms with Crippen molar-refractivity contribution < 1.29 is 14.7 Å². The number of hydrogen-bond donors (Lipinski definition) is 4. The van der Waals surface area contributed by atoms with Crippen molar-refractivity contribution in [1.82, 2.24) is 25.9 Å². The molecule has 204 valence electrons. The Balaban J connectivity index is 1.73. The van der Waals surface area contributed by atoms with E-state index >= 15 is 0 Å². The molecule has 1 fully saturated rings. The number of aliphatic imine (C=N–C) groups is 1. The second-order valence-corrected chi connectivity index (χ2v) is 10.7. The van der Waals surface area contributed by atoms with Gasteiger partial charge in [0.25, 0.3) is 0 Å². The molecule has 11 heteroatoms. The first-order chi connectivity index (χ1) is 18.9. The van der Waals surface area contributed by atoms with Gasteiger partial charge in [-0.05, 0) is 56.7 Å². The van der Waals surface area contributed by atoms with Gasteiger partial charge in [0.2, 0.25) is 5.79 Å². The summed E-state index contributed by atoms with van der Waals surface area (Å²) in [6.07, 6.45) is 8.61. The number of carbonyl (C=O) groups excluding carboxylic acids is 1. The number of piperidine rings is 1. The lowest BCUT2D eigenvalue weighted by molar-refractivity contribution is -0.158. The maximum Gasteiger partial charge on any atom is 0.318 e. The van der Waals surface area contributed by atoms with Crippen molar-refractivity contribution in [2.75, 3.05) is 24.5 Å². The van der Waals surface area contributed by atoms with Crippen LogP contribution in [0.2, 0.25) is 0 Å². The summed E-state index contributed by atoms with van der Waals surface area (Å²) in [5.41, 5.74) is 3.90. The van der Waals surface area contributed by atoms with E-state index in [1.54, 1.807) is 24.0 Å². The first-order valence-corrected chi connectivity index (χ1v) is 14.1. The van der Waals surface area contributed by atoms with Crippen LogP contribution in [0, 0.1) is 11.3 Å². The predicted molar refractivity (Wildman–Crippen MR) is 154 cm³/mol. The standard InChI is InChI=1S/C28H33N7O3S/c1-3-9-27(25(36)37)10-13-29-17-23(27)28(34-26(38)30-4-2)33-12-7-14-35(28)19-15-20(21-8-5-6-11-31-21)24-22(16-19)32-18-39-24/h5-8,11-12,14-16,18,23,29H,3-4,9-10,13,17H2,1-2H3,(H,36,37)(H2,30,34,38). The fourth-order valence-corrected chi connectivity index (χ4v) is 6.71. The van der Waals surface area contributed by atoms with Crippen molar-refractivity contribution in [3.8, 4) is 11.3 Å². The number of nitrogens with zero attached hydrogens (tertiary/aromatic N) is 4. The molecule has 1 saturated heterocycles. The number of aromatic nitrogens is 2. The summed E-state index contributed by atoms with van der Waals surface area (Å²) in [7, 11) is 0. The summed E-state index contributed by atoms with van der Waals surface area (Å²) in [5.74, 6) is -2.88. The highest BCUT2D eigenvalue weighted by Crippen LogP contribution is 2.48. The van der Waals surface area contributed by atoms with Gasteiger partial charge in [-0.2, -0.15) is 0 Å². The summed E-state index contributed by atoms with van der Waals surface area (Å²) in [6.45, 7) is 5.19. The number of thiazole rings is 1. The van der Waals surface area contributed by atoms with Gasteiger partial charge in [-0.1, -0.05) is 19.4 Å². The van der Waals surface area contributed by atoms with E-state index in [2.05, 4.69) is 25.9 Å². The van der Waals surface area contributed by atoms with Crippen LogP contribution in [0.25, 0.3) is 21.5 Å². The molecule has 10 nitrogen and oxygen atoms in total. The van der Waals surface area contributed by atoms with Gasteiger partial charge in [0.15, 0.2) is 0 Å². The number of anilines is 1. The van der Waals surface area contributed by atoms with Crippen LogP contribution in [0.5, 0.6) is 0 Å². The Morgan fingerprint density at radius 2 is 2.13 bits per heavy atom. The normalized spacial score (nSPS) is 24.6. The smallest absolute Gasteiger partial charge is 0.318 e. The quantitative estimate of drug-likeness (QED) is 0.332. The van der Waals surface area contributed by atoms with Crippen LogP contribution in [0.1, 0.15) is 33.1 Å². The molecule has 0 bridgehead atoms. The van der Waals surface area contributed by atoms with Gasteiger partial charge in [-0.15, -0.1) is 11.3 Å². The first kappa shape index (κ1) is 26.8. The molecule has 0 radical (unpaired) electrons. The molecule has 0 saturated carbocycles. The molecular weight excluding hydrogens is 514 g/mol. The molecule has 0 spiro atoms. The summed E-state index contributed by atoms with van der Waals surface area (Å²) < 4.78 is 0.995. The van der Waals surface area contributed by atoms with Crippen LogP contribution in [0.4, 0.5) is 10.5 Å². The van der Waals surface area contributed by atoms with Crippen LogP contribution in [-0.2, 0) is 4.79 Å². The van der Waals surface area contributed by atoms with Crippen LogP contribution in [0.3, 0.4) is 0 Å². The van der Waals surface area contributed by atoms with E-state index in [-0.39, 0.29) is 0 Å². The molecule has 2 aliphatic rings. The van der Waals surface area contributed by atoms with E-state index in [0.29, 0.717) is 38.9 Å². The topological polar surface area (TPSA) is 132 Å². The number of hydrogen-bond acceptors (Lipinski definition) is 8. The number of carboxylic acid groups (broad SMARTS) is 1. The van der Waals surface area contributed by atoms with Gasteiger partial charge in [0, 0.05) is 43.0 Å². The van der Waals surface area contributed by atoms with Gasteiger partial charge in [0.05, 0.1) is 32.8 Å². The number of aliphatic carboxylic acids is 1. The lowest BCUT2D eigenvalue weighted by atomic mass is 9.64. The van der Waals surface area contributed by atoms with Crippen molar-refractivity contribution >= 4 is 45.5 Å². The number of allylic oxidation sites excluding steroid dienone is 1. The number of rotatable bonds is 8. The first-order valence-electron chi connectivity index (χ1n) is 13.3. The Bertz CT molecular complexity index is 1400. The monoisotopic (exact) mass is 547 g/mol. The van der Waals surface area contributed by atoms with E-state index in [0.717, 1.165) is 27.2 Å². The molecule has 4 heterocycles. The van der Waals surface area contributed by atoms with E-state index in [1.807, 2.05) is 55.3 Å². The highest BCUT2D eigenvalue weighted by molar-refractivity contribution is 7.17.